The lowest BCUT2D eigenvalue weighted by Gasteiger charge is -2.16. The van der Waals surface area contributed by atoms with Gasteiger partial charge in [0.25, 0.3) is 5.69 Å². The van der Waals surface area contributed by atoms with E-state index in [-0.39, 0.29) is 34.2 Å². The van der Waals surface area contributed by atoms with Crippen LogP contribution in [0.5, 0.6) is 5.75 Å². The molecule has 3 rings (SSSR count). The third-order valence-corrected chi connectivity index (χ3v) is 5.99. The molecule has 0 bridgehead atoms. The highest BCUT2D eigenvalue weighted by Crippen LogP contribution is 2.28. The first-order valence-corrected chi connectivity index (χ1v) is 11.7. The maximum absolute atomic E-state index is 12.5. The van der Waals surface area contributed by atoms with E-state index in [2.05, 4.69) is 28.2 Å². The van der Waals surface area contributed by atoms with Crippen LogP contribution >= 0.6 is 23.4 Å². The number of nitro groups is 1. The van der Waals surface area contributed by atoms with Crippen LogP contribution < -0.4 is 10.1 Å². The van der Waals surface area contributed by atoms with Crippen LogP contribution in [0.15, 0.2) is 54.2 Å². The molecule has 1 N–H and O–H groups in total. The van der Waals surface area contributed by atoms with E-state index >= 15 is 0 Å². The molecule has 0 fully saturated rings. The predicted octanol–water partition coefficient (Wildman–Crippen LogP) is 5.51. The molecule has 34 heavy (non-hydrogen) atoms. The number of nitrogens with zero attached hydrogens (tertiary/aromatic N) is 4. The monoisotopic (exact) mass is 501 g/mol. The molecule has 2 aromatic carbocycles. The Balaban J connectivity index is 1.70. The Hall–Kier alpha value is -3.37. The van der Waals surface area contributed by atoms with E-state index in [9.17, 15) is 14.9 Å². The average molecular weight is 502 g/mol. The summed E-state index contributed by atoms with van der Waals surface area (Å²) in [6, 6.07) is 9.83. The minimum absolute atomic E-state index is 0.000605. The van der Waals surface area contributed by atoms with Gasteiger partial charge in [0.15, 0.2) is 17.1 Å². The van der Waals surface area contributed by atoms with Gasteiger partial charge in [-0.3, -0.25) is 19.5 Å². The molecule has 1 amide bonds. The van der Waals surface area contributed by atoms with Crippen molar-refractivity contribution >= 4 is 40.6 Å². The second-order valence-corrected chi connectivity index (χ2v) is 8.93. The summed E-state index contributed by atoms with van der Waals surface area (Å²) in [5.74, 6) is 0.951. The number of rotatable bonds is 10. The van der Waals surface area contributed by atoms with Crippen LogP contribution in [0.1, 0.15) is 30.0 Å². The molecule has 9 nitrogen and oxygen atoms in total. The molecule has 1 unspecified atom stereocenters. The average Bonchev–Trinajstić information content (AvgIpc) is 3.16. The second-order valence-electron chi connectivity index (χ2n) is 7.58. The molecule has 0 aliphatic heterocycles. The van der Waals surface area contributed by atoms with Crippen molar-refractivity contribution in [3.63, 3.8) is 0 Å². The standard InChI is InChI=1S/C23H24ClN5O4S/c1-5-8-28-22(16(4)33-18-10-14(2)9-15(3)11-18)26-27-23(28)34-13-21(30)25-20-12-17(29(31)32)6-7-19(20)24/h5-7,9-12,16H,1,8,13H2,2-4H3,(H,25,30). The molecule has 0 saturated heterocycles. The van der Waals surface area contributed by atoms with Crippen molar-refractivity contribution in [3.8, 4) is 5.75 Å². The smallest absolute Gasteiger partial charge is 0.271 e. The van der Waals surface area contributed by atoms with Crippen LogP contribution in [0.25, 0.3) is 0 Å². The lowest BCUT2D eigenvalue weighted by atomic mass is 10.1. The van der Waals surface area contributed by atoms with Crippen LogP contribution in [0, 0.1) is 24.0 Å². The minimum Gasteiger partial charge on any atom is -0.483 e. The number of benzene rings is 2. The molecule has 3 aromatic rings. The van der Waals surface area contributed by atoms with Gasteiger partial charge in [0, 0.05) is 18.7 Å². The Labute approximate surface area is 206 Å². The molecular weight excluding hydrogens is 478 g/mol. The summed E-state index contributed by atoms with van der Waals surface area (Å²) in [5.41, 5.74) is 2.20. The molecule has 0 aliphatic carbocycles. The lowest BCUT2D eigenvalue weighted by Crippen LogP contribution is -2.16. The highest BCUT2D eigenvalue weighted by Gasteiger charge is 2.20. The lowest BCUT2D eigenvalue weighted by molar-refractivity contribution is -0.384. The van der Waals surface area contributed by atoms with E-state index in [1.54, 1.807) is 6.08 Å². The fourth-order valence-electron chi connectivity index (χ4n) is 3.31. The maximum atomic E-state index is 12.5. The van der Waals surface area contributed by atoms with Crippen molar-refractivity contribution in [1.29, 1.82) is 0 Å². The number of nitro benzene ring substituents is 1. The number of nitrogens with one attached hydrogen (secondary N) is 1. The summed E-state index contributed by atoms with van der Waals surface area (Å²) < 4.78 is 7.93. The molecule has 1 atom stereocenters. The molecule has 0 radical (unpaired) electrons. The third kappa shape index (κ3) is 6.36. The maximum Gasteiger partial charge on any atom is 0.271 e. The minimum atomic E-state index is -0.554. The summed E-state index contributed by atoms with van der Waals surface area (Å²) in [6.07, 6.45) is 1.32. The number of amides is 1. The number of carbonyl (C=O) groups excluding carboxylic acids is 1. The topological polar surface area (TPSA) is 112 Å². The Morgan fingerprint density at radius 3 is 2.65 bits per heavy atom. The van der Waals surface area contributed by atoms with Crippen LogP contribution in [0.3, 0.4) is 0 Å². The van der Waals surface area contributed by atoms with E-state index in [0.29, 0.717) is 17.5 Å². The number of allylic oxidation sites excluding steroid dienone is 1. The number of aryl methyl sites for hydroxylation is 2. The van der Waals surface area contributed by atoms with Crippen molar-refractivity contribution in [1.82, 2.24) is 14.8 Å². The van der Waals surface area contributed by atoms with Gasteiger partial charge in [0.05, 0.1) is 21.4 Å². The molecule has 0 aliphatic rings. The van der Waals surface area contributed by atoms with Gasteiger partial charge in [-0.15, -0.1) is 16.8 Å². The van der Waals surface area contributed by atoms with Crippen LogP contribution in [-0.4, -0.2) is 31.3 Å². The van der Waals surface area contributed by atoms with Gasteiger partial charge in [-0.25, -0.2) is 0 Å². The number of halogens is 1. The molecule has 178 valence electrons. The summed E-state index contributed by atoms with van der Waals surface area (Å²) in [4.78, 5) is 22.9. The Morgan fingerprint density at radius 2 is 2.00 bits per heavy atom. The SMILES string of the molecule is C=CCn1c(SCC(=O)Nc2cc([N+](=O)[O-])ccc2Cl)nnc1C(C)Oc1cc(C)cc(C)c1. The van der Waals surface area contributed by atoms with Crippen molar-refractivity contribution in [2.45, 2.75) is 38.6 Å². The van der Waals surface area contributed by atoms with Gasteiger partial charge in [-0.2, -0.15) is 0 Å². The van der Waals surface area contributed by atoms with Crippen LogP contribution in [-0.2, 0) is 11.3 Å². The number of hydrogen-bond acceptors (Lipinski definition) is 7. The zero-order valence-electron chi connectivity index (χ0n) is 18.9. The Kier molecular flexibility index (Phi) is 8.30. The van der Waals surface area contributed by atoms with Crippen molar-refractivity contribution < 1.29 is 14.5 Å². The number of non-ortho nitro benzene ring substituents is 1. The van der Waals surface area contributed by atoms with E-state index in [1.807, 2.05) is 37.5 Å². The number of hydrogen-bond donors (Lipinski definition) is 1. The summed E-state index contributed by atoms with van der Waals surface area (Å²) in [6.45, 7) is 10.1. The van der Waals surface area contributed by atoms with E-state index in [0.717, 1.165) is 16.9 Å². The van der Waals surface area contributed by atoms with E-state index < -0.39 is 4.92 Å². The summed E-state index contributed by atoms with van der Waals surface area (Å²) in [5, 5.41) is 22.8. The van der Waals surface area contributed by atoms with Gasteiger partial charge in [-0.05, 0) is 50.1 Å². The Bertz CT molecular complexity index is 1210. The van der Waals surface area contributed by atoms with Crippen molar-refractivity contribution in [3.05, 3.63) is 81.1 Å². The summed E-state index contributed by atoms with van der Waals surface area (Å²) in [7, 11) is 0. The van der Waals surface area contributed by atoms with Gasteiger partial charge < -0.3 is 10.1 Å². The number of ether oxygens (including phenoxy) is 1. The number of aromatic nitrogens is 3. The van der Waals surface area contributed by atoms with E-state index in [1.165, 1.54) is 30.0 Å². The zero-order chi connectivity index (χ0) is 24.8. The summed E-state index contributed by atoms with van der Waals surface area (Å²) >= 11 is 7.23. The van der Waals surface area contributed by atoms with Crippen molar-refractivity contribution in [2.75, 3.05) is 11.1 Å². The molecule has 0 saturated carbocycles. The number of anilines is 1. The van der Waals surface area contributed by atoms with Gasteiger partial charge in [0.1, 0.15) is 5.75 Å². The highest BCUT2D eigenvalue weighted by atomic mass is 35.5. The zero-order valence-corrected chi connectivity index (χ0v) is 20.5. The molecule has 0 spiro atoms. The molecule has 11 heteroatoms. The Morgan fingerprint density at radius 1 is 1.29 bits per heavy atom. The van der Waals surface area contributed by atoms with Crippen LogP contribution in [0.2, 0.25) is 5.02 Å². The van der Waals surface area contributed by atoms with Gasteiger partial charge >= 0.3 is 0 Å². The van der Waals surface area contributed by atoms with Crippen LogP contribution in [0.4, 0.5) is 11.4 Å². The number of carbonyl (C=O) groups is 1. The second kappa shape index (κ2) is 11.2. The first-order chi connectivity index (χ1) is 16.2. The van der Waals surface area contributed by atoms with E-state index in [4.69, 9.17) is 16.3 Å². The third-order valence-electron chi connectivity index (χ3n) is 4.70. The number of thioether (sulfide) groups is 1. The fraction of sp³-hybridized carbons (Fsp3) is 0.261. The molecular formula is C23H24ClN5O4S. The fourth-order valence-corrected chi connectivity index (χ4v) is 4.22. The first kappa shape index (κ1) is 25.3. The normalized spacial score (nSPS) is 11.6. The van der Waals surface area contributed by atoms with Gasteiger partial charge in [0.2, 0.25) is 5.91 Å². The molecule has 1 heterocycles. The highest BCUT2D eigenvalue weighted by molar-refractivity contribution is 7.99. The predicted molar refractivity (Wildman–Crippen MR) is 133 cm³/mol. The molecule has 1 aromatic heterocycles. The quantitative estimate of drug-likeness (QED) is 0.168. The van der Waals surface area contributed by atoms with Gasteiger partial charge in [-0.1, -0.05) is 35.5 Å². The largest absolute Gasteiger partial charge is 0.483 e. The first-order valence-electron chi connectivity index (χ1n) is 10.3. The van der Waals surface area contributed by atoms with Crippen molar-refractivity contribution in [2.24, 2.45) is 0 Å².